The molecule has 0 aromatic heterocycles. The fraction of sp³-hybridized carbons (Fsp3) is 1.00. The molecule has 0 aromatic rings. The van der Waals surface area contributed by atoms with Crippen LogP contribution >= 0.6 is 0 Å². The van der Waals surface area contributed by atoms with Gasteiger partial charge in [-0.05, 0) is 48.9 Å². The summed E-state index contributed by atoms with van der Waals surface area (Å²) < 4.78 is 0. The second-order valence-corrected chi connectivity index (χ2v) is 6.20. The number of rotatable bonds is 2. The molecule has 4 aliphatic rings. The number of piperazine rings is 1. The van der Waals surface area contributed by atoms with Crippen molar-refractivity contribution in [2.24, 2.45) is 29.6 Å². The molecule has 1 aliphatic heterocycles. The number of hydrogen-bond acceptors (Lipinski definition) is 2. The molecule has 4 atom stereocenters. The van der Waals surface area contributed by atoms with E-state index in [4.69, 9.17) is 0 Å². The standard InChI is InChI=1S/C13H22N2/c1-2-10-7-9(1)12-11(13(10)12)8-15-5-3-14-4-6-15/h9-14H,1-8H2. The van der Waals surface area contributed by atoms with Crippen molar-refractivity contribution in [3.63, 3.8) is 0 Å². The van der Waals surface area contributed by atoms with Crippen LogP contribution in [0.5, 0.6) is 0 Å². The molecule has 2 heteroatoms. The predicted octanol–water partition coefficient (Wildman–Crippen LogP) is 1.18. The Labute approximate surface area is 92.4 Å². The van der Waals surface area contributed by atoms with Gasteiger partial charge in [-0.25, -0.2) is 0 Å². The lowest BCUT2D eigenvalue weighted by molar-refractivity contribution is 0.216. The minimum atomic E-state index is 1.12. The average molecular weight is 206 g/mol. The highest BCUT2D eigenvalue weighted by atomic mass is 15.2. The quantitative estimate of drug-likeness (QED) is 0.730. The maximum atomic E-state index is 3.45. The van der Waals surface area contributed by atoms with Gasteiger partial charge < -0.3 is 10.2 Å². The van der Waals surface area contributed by atoms with Gasteiger partial charge in [0.05, 0.1) is 0 Å². The summed E-state index contributed by atoms with van der Waals surface area (Å²) in [5, 5.41) is 3.45. The van der Waals surface area contributed by atoms with Gasteiger partial charge in [0.15, 0.2) is 0 Å². The van der Waals surface area contributed by atoms with E-state index in [1.54, 1.807) is 19.3 Å². The minimum Gasteiger partial charge on any atom is -0.314 e. The molecule has 1 N–H and O–H groups in total. The second-order valence-electron chi connectivity index (χ2n) is 6.20. The largest absolute Gasteiger partial charge is 0.314 e. The molecular formula is C13H22N2. The van der Waals surface area contributed by atoms with E-state index in [-0.39, 0.29) is 0 Å². The maximum absolute atomic E-state index is 3.45. The highest BCUT2D eigenvalue weighted by Gasteiger charge is 2.64. The smallest absolute Gasteiger partial charge is 0.0107 e. The zero-order valence-electron chi connectivity index (χ0n) is 9.49. The predicted molar refractivity (Wildman–Crippen MR) is 60.6 cm³/mol. The molecule has 4 rings (SSSR count). The molecule has 15 heavy (non-hydrogen) atoms. The van der Waals surface area contributed by atoms with Gasteiger partial charge in [-0.3, -0.25) is 0 Å². The summed E-state index contributed by atoms with van der Waals surface area (Å²) in [7, 11) is 0. The molecule has 3 saturated carbocycles. The Morgan fingerprint density at radius 1 is 1.00 bits per heavy atom. The van der Waals surface area contributed by atoms with E-state index in [0.29, 0.717) is 0 Å². The molecule has 0 amide bonds. The van der Waals surface area contributed by atoms with Gasteiger partial charge in [0.1, 0.15) is 0 Å². The van der Waals surface area contributed by atoms with Crippen LogP contribution in [0.2, 0.25) is 0 Å². The summed E-state index contributed by atoms with van der Waals surface area (Å²) in [6.07, 6.45) is 4.75. The van der Waals surface area contributed by atoms with Crippen LogP contribution < -0.4 is 5.32 Å². The first-order valence-corrected chi connectivity index (χ1v) is 6.86. The van der Waals surface area contributed by atoms with Crippen LogP contribution in [0.4, 0.5) is 0 Å². The van der Waals surface area contributed by atoms with Crippen LogP contribution in [0, 0.1) is 29.6 Å². The first-order valence-electron chi connectivity index (χ1n) is 6.86. The number of nitrogens with zero attached hydrogens (tertiary/aromatic N) is 1. The van der Waals surface area contributed by atoms with Crippen molar-refractivity contribution in [1.82, 2.24) is 10.2 Å². The van der Waals surface area contributed by atoms with Gasteiger partial charge in [-0.1, -0.05) is 0 Å². The van der Waals surface area contributed by atoms with E-state index in [1.165, 1.54) is 44.6 Å². The van der Waals surface area contributed by atoms with Crippen LogP contribution in [-0.2, 0) is 0 Å². The topological polar surface area (TPSA) is 15.3 Å². The molecular weight excluding hydrogens is 184 g/mol. The number of hydrogen-bond donors (Lipinski definition) is 1. The van der Waals surface area contributed by atoms with Gasteiger partial charge in [-0.2, -0.15) is 0 Å². The molecule has 2 nitrogen and oxygen atoms in total. The Bertz CT molecular complexity index is 243. The van der Waals surface area contributed by atoms with Gasteiger partial charge in [0.2, 0.25) is 0 Å². The molecule has 0 spiro atoms. The lowest BCUT2D eigenvalue weighted by Crippen LogP contribution is -2.44. The molecule has 4 unspecified atom stereocenters. The Morgan fingerprint density at radius 2 is 1.67 bits per heavy atom. The first kappa shape index (κ1) is 9.00. The van der Waals surface area contributed by atoms with Crippen molar-refractivity contribution in [1.29, 1.82) is 0 Å². The Balaban J connectivity index is 1.37. The average Bonchev–Trinajstić information content (AvgIpc) is 2.71. The highest BCUT2D eigenvalue weighted by molar-refractivity contribution is 5.13. The van der Waals surface area contributed by atoms with E-state index in [0.717, 1.165) is 17.8 Å². The van der Waals surface area contributed by atoms with Gasteiger partial charge in [0, 0.05) is 32.7 Å². The number of nitrogens with one attached hydrogen (secondary N) is 1. The zero-order chi connectivity index (χ0) is 9.83. The SMILES string of the molecule is C1CN(CC2C3C4CCC(C4)C23)CCN1. The van der Waals surface area contributed by atoms with Crippen LogP contribution in [0.1, 0.15) is 19.3 Å². The van der Waals surface area contributed by atoms with Crippen molar-refractivity contribution >= 4 is 0 Å². The third kappa shape index (κ3) is 1.31. The molecule has 1 heterocycles. The van der Waals surface area contributed by atoms with E-state index in [9.17, 15) is 0 Å². The minimum absolute atomic E-state index is 1.12. The summed E-state index contributed by atoms with van der Waals surface area (Å²) in [5.74, 6) is 5.80. The summed E-state index contributed by atoms with van der Waals surface area (Å²) in [6, 6.07) is 0. The summed E-state index contributed by atoms with van der Waals surface area (Å²) >= 11 is 0. The molecule has 3 aliphatic carbocycles. The van der Waals surface area contributed by atoms with Crippen molar-refractivity contribution in [3.8, 4) is 0 Å². The van der Waals surface area contributed by atoms with Crippen LogP contribution in [0.15, 0.2) is 0 Å². The van der Waals surface area contributed by atoms with E-state index >= 15 is 0 Å². The van der Waals surface area contributed by atoms with Gasteiger partial charge >= 0.3 is 0 Å². The van der Waals surface area contributed by atoms with Crippen molar-refractivity contribution < 1.29 is 0 Å². The van der Waals surface area contributed by atoms with Crippen LogP contribution in [0.3, 0.4) is 0 Å². The summed E-state index contributed by atoms with van der Waals surface area (Å²) in [6.45, 7) is 6.46. The molecule has 0 aromatic carbocycles. The fourth-order valence-electron chi connectivity index (χ4n) is 4.94. The second kappa shape index (κ2) is 3.21. The Morgan fingerprint density at radius 3 is 2.33 bits per heavy atom. The monoisotopic (exact) mass is 206 g/mol. The van der Waals surface area contributed by atoms with Crippen molar-refractivity contribution in [2.75, 3.05) is 32.7 Å². The fourth-order valence-corrected chi connectivity index (χ4v) is 4.94. The third-order valence-electron chi connectivity index (χ3n) is 5.57. The van der Waals surface area contributed by atoms with E-state index in [1.807, 2.05) is 0 Å². The summed E-state index contributed by atoms with van der Waals surface area (Å²) in [4.78, 5) is 2.71. The van der Waals surface area contributed by atoms with Crippen molar-refractivity contribution in [2.45, 2.75) is 19.3 Å². The number of fused-ring (bicyclic) bond motifs is 5. The summed E-state index contributed by atoms with van der Waals surface area (Å²) in [5.41, 5.74) is 0. The third-order valence-corrected chi connectivity index (χ3v) is 5.57. The maximum Gasteiger partial charge on any atom is 0.0107 e. The lowest BCUT2D eigenvalue weighted by Gasteiger charge is -2.28. The molecule has 0 radical (unpaired) electrons. The Kier molecular flexibility index (Phi) is 1.92. The van der Waals surface area contributed by atoms with Gasteiger partial charge in [-0.15, -0.1) is 0 Å². The first-order chi connectivity index (χ1) is 7.43. The van der Waals surface area contributed by atoms with Crippen molar-refractivity contribution in [3.05, 3.63) is 0 Å². The molecule has 84 valence electrons. The highest BCUT2D eigenvalue weighted by Crippen LogP contribution is 2.69. The molecule has 2 bridgehead atoms. The Hall–Kier alpha value is -0.0800. The van der Waals surface area contributed by atoms with E-state index < -0.39 is 0 Å². The van der Waals surface area contributed by atoms with Crippen LogP contribution in [-0.4, -0.2) is 37.6 Å². The zero-order valence-corrected chi connectivity index (χ0v) is 9.49. The van der Waals surface area contributed by atoms with E-state index in [2.05, 4.69) is 10.2 Å². The molecule has 4 fully saturated rings. The molecule has 1 saturated heterocycles. The normalized spacial score (nSPS) is 53.2. The van der Waals surface area contributed by atoms with Gasteiger partial charge in [0.25, 0.3) is 0 Å². The lowest BCUT2D eigenvalue weighted by atomic mass is 10.0. The van der Waals surface area contributed by atoms with Crippen LogP contribution in [0.25, 0.3) is 0 Å².